The highest BCUT2D eigenvalue weighted by atomic mass is 32.2. The Kier molecular flexibility index (Phi) is 4.49. The third-order valence-corrected chi connectivity index (χ3v) is 5.08. The van der Waals surface area contributed by atoms with Crippen LogP contribution in [0, 0.1) is 0 Å². The number of hydrogen-bond donors (Lipinski definition) is 1. The number of rotatable bonds is 5. The largest absolute Gasteiger partial charge is 0.242 e. The Morgan fingerprint density at radius 3 is 2.17 bits per heavy atom. The van der Waals surface area contributed by atoms with Gasteiger partial charge in [0.05, 0.1) is 10.6 Å². The van der Waals surface area contributed by atoms with E-state index in [1.807, 2.05) is 0 Å². The first-order valence-corrected chi connectivity index (χ1v) is 8.31. The zero-order chi connectivity index (χ0) is 14.0. The van der Waals surface area contributed by atoms with E-state index in [4.69, 9.17) is 5.14 Å². The van der Waals surface area contributed by atoms with Crippen LogP contribution in [0.1, 0.15) is 5.56 Å². The van der Waals surface area contributed by atoms with Crippen molar-refractivity contribution in [2.24, 2.45) is 5.14 Å². The maximum atomic E-state index is 12.0. The molecule has 0 aromatic heterocycles. The summed E-state index contributed by atoms with van der Waals surface area (Å²) in [6, 6.07) is 6.29. The zero-order valence-electron chi connectivity index (χ0n) is 10.2. The number of benzene rings is 1. The molecule has 18 heavy (non-hydrogen) atoms. The van der Waals surface area contributed by atoms with E-state index in [1.165, 1.54) is 20.2 Å². The lowest BCUT2D eigenvalue weighted by Crippen LogP contribution is -2.24. The van der Waals surface area contributed by atoms with Crippen molar-refractivity contribution in [1.29, 1.82) is 0 Å². The molecule has 0 spiro atoms. The molecule has 0 unspecified atom stereocenters. The van der Waals surface area contributed by atoms with Gasteiger partial charge >= 0.3 is 0 Å². The molecule has 1 rings (SSSR count). The highest BCUT2D eigenvalue weighted by Gasteiger charge is 2.21. The van der Waals surface area contributed by atoms with Crippen LogP contribution >= 0.6 is 0 Å². The summed E-state index contributed by atoms with van der Waals surface area (Å²) in [4.78, 5) is 0.110. The van der Waals surface area contributed by atoms with E-state index in [0.29, 0.717) is 5.56 Å². The molecule has 8 heteroatoms. The second-order valence-electron chi connectivity index (χ2n) is 4.01. The first-order chi connectivity index (χ1) is 8.14. The zero-order valence-corrected chi connectivity index (χ0v) is 11.8. The van der Waals surface area contributed by atoms with Crippen LogP contribution in [0.2, 0.25) is 0 Å². The summed E-state index contributed by atoms with van der Waals surface area (Å²) < 4.78 is 47.0. The Labute approximate surface area is 108 Å². The molecule has 0 aliphatic rings. The van der Waals surface area contributed by atoms with Crippen LogP contribution in [-0.4, -0.2) is 41.0 Å². The van der Waals surface area contributed by atoms with Gasteiger partial charge in [0, 0.05) is 14.1 Å². The fourth-order valence-electron chi connectivity index (χ4n) is 1.41. The van der Waals surface area contributed by atoms with E-state index in [-0.39, 0.29) is 17.1 Å². The van der Waals surface area contributed by atoms with Crippen LogP contribution in [-0.2, 0) is 26.5 Å². The maximum absolute atomic E-state index is 12.0. The standard InChI is InChI=1S/C10H16N2O4S2/c1-12(2)18(15,16)10-6-4-3-5-9(10)7-8-17(11,13)14/h3-6H,7-8H2,1-2H3,(H2,11,13,14). The van der Waals surface area contributed by atoms with Gasteiger partial charge in [-0.25, -0.2) is 26.3 Å². The van der Waals surface area contributed by atoms with Gasteiger partial charge in [0.2, 0.25) is 20.0 Å². The van der Waals surface area contributed by atoms with Gasteiger partial charge in [0.15, 0.2) is 0 Å². The summed E-state index contributed by atoms with van der Waals surface area (Å²) in [5.41, 5.74) is 0.445. The molecule has 1 aromatic carbocycles. The molecule has 0 radical (unpaired) electrons. The average Bonchev–Trinajstić information content (AvgIpc) is 2.25. The Balaban J connectivity index is 3.16. The lowest BCUT2D eigenvalue weighted by molar-refractivity contribution is 0.519. The molecule has 0 aliphatic carbocycles. The number of aryl methyl sites for hydroxylation is 1. The molecule has 0 atom stereocenters. The van der Waals surface area contributed by atoms with Crippen LogP contribution in [0.5, 0.6) is 0 Å². The van der Waals surface area contributed by atoms with E-state index in [1.54, 1.807) is 18.2 Å². The Morgan fingerprint density at radius 2 is 1.67 bits per heavy atom. The monoisotopic (exact) mass is 292 g/mol. The van der Waals surface area contributed by atoms with Crippen molar-refractivity contribution in [3.63, 3.8) is 0 Å². The third kappa shape index (κ3) is 3.77. The van der Waals surface area contributed by atoms with Crippen molar-refractivity contribution in [3.05, 3.63) is 29.8 Å². The molecule has 0 bridgehead atoms. The summed E-state index contributed by atoms with van der Waals surface area (Å²) in [7, 11) is -4.35. The molecule has 0 saturated heterocycles. The van der Waals surface area contributed by atoms with Crippen LogP contribution in [0.25, 0.3) is 0 Å². The van der Waals surface area contributed by atoms with E-state index in [2.05, 4.69) is 0 Å². The Morgan fingerprint density at radius 1 is 1.11 bits per heavy atom. The number of primary sulfonamides is 1. The Bertz CT molecular complexity index is 621. The minimum atomic E-state index is -3.61. The summed E-state index contributed by atoms with van der Waals surface area (Å²) in [6.45, 7) is 0. The normalized spacial score (nSPS) is 12.9. The smallest absolute Gasteiger partial charge is 0.229 e. The minimum Gasteiger partial charge on any atom is -0.229 e. The van der Waals surface area contributed by atoms with Crippen molar-refractivity contribution < 1.29 is 16.8 Å². The predicted octanol–water partition coefficient (Wildman–Crippen LogP) is -0.232. The van der Waals surface area contributed by atoms with Gasteiger partial charge in [-0.3, -0.25) is 0 Å². The number of hydrogen-bond acceptors (Lipinski definition) is 4. The summed E-state index contributed by atoms with van der Waals surface area (Å²) >= 11 is 0. The average molecular weight is 292 g/mol. The van der Waals surface area contributed by atoms with Crippen LogP contribution in [0.4, 0.5) is 0 Å². The van der Waals surface area contributed by atoms with Gasteiger partial charge in [-0.05, 0) is 18.1 Å². The molecule has 0 amide bonds. The Hall–Kier alpha value is -0.960. The highest BCUT2D eigenvalue weighted by molar-refractivity contribution is 7.89. The summed E-state index contributed by atoms with van der Waals surface area (Å²) in [5, 5.41) is 4.91. The van der Waals surface area contributed by atoms with Gasteiger partial charge < -0.3 is 0 Å². The van der Waals surface area contributed by atoms with Gasteiger partial charge in [-0.1, -0.05) is 18.2 Å². The van der Waals surface area contributed by atoms with Crippen molar-refractivity contribution in [1.82, 2.24) is 4.31 Å². The van der Waals surface area contributed by atoms with Crippen molar-refractivity contribution in [2.45, 2.75) is 11.3 Å². The van der Waals surface area contributed by atoms with E-state index >= 15 is 0 Å². The van der Waals surface area contributed by atoms with Crippen LogP contribution < -0.4 is 5.14 Å². The first-order valence-electron chi connectivity index (χ1n) is 5.15. The second kappa shape index (κ2) is 5.35. The van der Waals surface area contributed by atoms with Gasteiger partial charge in [0.25, 0.3) is 0 Å². The predicted molar refractivity (Wildman–Crippen MR) is 69.0 cm³/mol. The van der Waals surface area contributed by atoms with Gasteiger partial charge in [0.1, 0.15) is 0 Å². The fourth-order valence-corrected chi connectivity index (χ4v) is 3.06. The van der Waals surface area contributed by atoms with Crippen LogP contribution in [0.3, 0.4) is 0 Å². The summed E-state index contributed by atoms with van der Waals surface area (Å²) in [5.74, 6) is -0.285. The fraction of sp³-hybridized carbons (Fsp3) is 0.400. The molecule has 102 valence electrons. The molecular formula is C10H16N2O4S2. The molecule has 0 fully saturated rings. The molecule has 0 heterocycles. The number of nitrogens with two attached hydrogens (primary N) is 1. The van der Waals surface area contributed by atoms with Gasteiger partial charge in [-0.15, -0.1) is 0 Å². The molecule has 0 aliphatic heterocycles. The highest BCUT2D eigenvalue weighted by Crippen LogP contribution is 2.19. The second-order valence-corrected chi connectivity index (χ2v) is 7.87. The topological polar surface area (TPSA) is 97.5 Å². The lowest BCUT2D eigenvalue weighted by atomic mass is 10.2. The first kappa shape index (κ1) is 15.1. The maximum Gasteiger partial charge on any atom is 0.242 e. The van der Waals surface area contributed by atoms with E-state index in [9.17, 15) is 16.8 Å². The van der Waals surface area contributed by atoms with Gasteiger partial charge in [-0.2, -0.15) is 0 Å². The van der Waals surface area contributed by atoms with Crippen molar-refractivity contribution in [2.75, 3.05) is 19.8 Å². The number of sulfonamides is 2. The number of nitrogens with zero attached hydrogens (tertiary/aromatic N) is 1. The van der Waals surface area contributed by atoms with E-state index in [0.717, 1.165) is 4.31 Å². The van der Waals surface area contributed by atoms with Crippen molar-refractivity contribution >= 4 is 20.0 Å². The summed E-state index contributed by atoms with van der Waals surface area (Å²) in [6.07, 6.45) is 0.0715. The SMILES string of the molecule is CN(C)S(=O)(=O)c1ccccc1CCS(N)(=O)=O. The quantitative estimate of drug-likeness (QED) is 0.810. The molecular weight excluding hydrogens is 276 g/mol. The van der Waals surface area contributed by atoms with Crippen molar-refractivity contribution in [3.8, 4) is 0 Å². The lowest BCUT2D eigenvalue weighted by Gasteiger charge is -2.14. The molecule has 2 N–H and O–H groups in total. The minimum absolute atomic E-state index is 0.0715. The van der Waals surface area contributed by atoms with E-state index < -0.39 is 20.0 Å². The molecule has 6 nitrogen and oxygen atoms in total. The molecule has 1 aromatic rings. The third-order valence-electron chi connectivity index (χ3n) is 2.39. The van der Waals surface area contributed by atoms with Crippen LogP contribution in [0.15, 0.2) is 29.2 Å². The molecule has 0 saturated carbocycles.